The van der Waals surface area contributed by atoms with Gasteiger partial charge < -0.3 is 72.6 Å². The molecule has 5 aliphatic rings. The summed E-state index contributed by atoms with van der Waals surface area (Å²) in [6, 6.07) is 17.4. The molecular formula is C97H127N9O26. The largest absolute Gasteiger partial charge is 0.493 e. The van der Waals surface area contributed by atoms with Gasteiger partial charge in [0.15, 0.2) is 0 Å². The number of hydroxylamine groups is 2. The first-order valence-corrected chi connectivity index (χ1v) is 46.2. The average molecular weight is 1840 g/mol. The molecule has 716 valence electrons. The molecule has 1 fully saturated rings. The highest BCUT2D eigenvalue weighted by atomic mass is 16.7. The van der Waals surface area contributed by atoms with Gasteiger partial charge in [-0.25, -0.2) is 4.79 Å². The van der Waals surface area contributed by atoms with Crippen LogP contribution in [0.2, 0.25) is 0 Å². The molecule has 2 N–H and O–H groups in total. The monoisotopic (exact) mass is 1830 g/mol. The van der Waals surface area contributed by atoms with Gasteiger partial charge >= 0.3 is 5.97 Å². The van der Waals surface area contributed by atoms with E-state index in [4.69, 9.17) is 52.2 Å². The number of Topliss-reactive ketones (excluding diaryl/α,β-unsaturated/α-hetero) is 3. The Hall–Kier alpha value is -11.0. The number of ketones is 3. The molecule has 5 aromatic carbocycles. The number of nitrogens with zero attached hydrogens (tertiary/aromatic N) is 7. The third-order valence-corrected chi connectivity index (χ3v) is 22.9. The standard InChI is InChI=1S/C97H127N9O26/c1-67-26-35-83(111)106(67)132-84(112)25-11-6-14-38-99-89(113)68-64-72(130-47-17-12-21-70(108)36-49-123-53-57-127-61-60-126-56-52-122-46-19-23-69(107)20-9-7-15-40-102-90(114)74-27-31-78-87-79(32-28-75(85(74)87)91(102)115)95(119)104(94(78)118)44-42-100(2)3)66-73(65-68)131-48-18-13-22-71(109)37-50-124-54-58-128-62-63-129-59-55-125-51-39-98-82(110)24-10-8-16-41-103-92(116)76-29-33-80-88-81(34-30-77(86(76)88)93(103)117)97(121)105(96(80)120)45-43-101(4)5/h27-34,64-66H,1,6-26,35-63H2,2-5H3,(H,98,110)(H,99,113). The van der Waals surface area contributed by atoms with Crippen LogP contribution in [-0.4, -0.2) is 322 Å². The van der Waals surface area contributed by atoms with Crippen molar-refractivity contribution in [2.45, 2.75) is 154 Å². The molecule has 10 rings (SSSR count). The van der Waals surface area contributed by atoms with E-state index < -0.39 is 53.2 Å². The van der Waals surface area contributed by atoms with Crippen LogP contribution in [0.1, 0.15) is 247 Å². The summed E-state index contributed by atoms with van der Waals surface area (Å²) >= 11 is 0. The van der Waals surface area contributed by atoms with Crippen LogP contribution >= 0.6 is 0 Å². The van der Waals surface area contributed by atoms with Crippen molar-refractivity contribution < 1.29 is 124 Å². The Morgan fingerprint density at radius 1 is 0.326 bits per heavy atom. The van der Waals surface area contributed by atoms with Crippen LogP contribution < -0.4 is 20.1 Å². The molecule has 35 heteroatoms. The second-order valence-electron chi connectivity index (χ2n) is 33.5. The van der Waals surface area contributed by atoms with Crippen LogP contribution in [0.5, 0.6) is 11.5 Å². The number of hydrogen-bond acceptors (Lipinski definition) is 28. The molecule has 0 bridgehead atoms. The molecule has 0 aliphatic carbocycles. The Bertz CT molecular complexity index is 4500. The van der Waals surface area contributed by atoms with Crippen molar-refractivity contribution in [2.75, 3.05) is 199 Å². The van der Waals surface area contributed by atoms with Gasteiger partial charge in [-0.1, -0.05) is 25.8 Å². The summed E-state index contributed by atoms with van der Waals surface area (Å²) in [5.41, 5.74) is 3.01. The fourth-order valence-electron chi connectivity index (χ4n) is 15.7. The highest BCUT2D eigenvalue weighted by Gasteiger charge is 2.42. The highest BCUT2D eigenvalue weighted by molar-refractivity contribution is 6.35. The first kappa shape index (κ1) is 103. The lowest BCUT2D eigenvalue weighted by Crippen LogP contribution is -2.45. The number of benzene rings is 5. The molecule has 5 heterocycles. The first-order valence-electron chi connectivity index (χ1n) is 46.2. The number of nitrogens with one attached hydrogen (secondary N) is 2. The zero-order chi connectivity index (χ0) is 94.3. The Labute approximate surface area is 769 Å². The number of imide groups is 4. The number of allylic oxidation sites excluding steroid dienone is 1. The van der Waals surface area contributed by atoms with E-state index in [0.717, 1.165) is 5.06 Å². The summed E-state index contributed by atoms with van der Waals surface area (Å²) < 4.78 is 57.0. The summed E-state index contributed by atoms with van der Waals surface area (Å²) in [4.78, 5) is 211. The van der Waals surface area contributed by atoms with Crippen molar-refractivity contribution in [2.24, 2.45) is 0 Å². The van der Waals surface area contributed by atoms with Gasteiger partial charge in [-0.05, 0) is 166 Å². The van der Waals surface area contributed by atoms with Gasteiger partial charge in [0, 0.05) is 194 Å². The van der Waals surface area contributed by atoms with Crippen molar-refractivity contribution in [3.63, 3.8) is 0 Å². The van der Waals surface area contributed by atoms with Gasteiger partial charge in [0.2, 0.25) is 5.91 Å². The fourth-order valence-corrected chi connectivity index (χ4v) is 15.7. The lowest BCUT2D eigenvalue weighted by molar-refractivity contribution is -0.186. The number of rotatable bonds is 69. The van der Waals surface area contributed by atoms with E-state index >= 15 is 0 Å². The number of hydrogen-bond donors (Lipinski definition) is 2. The van der Waals surface area contributed by atoms with Crippen LogP contribution in [0.3, 0.4) is 0 Å². The van der Waals surface area contributed by atoms with Crippen LogP contribution in [-0.2, 0) is 71.5 Å². The number of unbranched alkanes of at least 4 members (excludes halogenated alkanes) is 8. The third-order valence-electron chi connectivity index (χ3n) is 22.9. The lowest BCUT2D eigenvalue weighted by Gasteiger charge is -2.32. The van der Waals surface area contributed by atoms with Crippen molar-refractivity contribution >= 4 is 110 Å². The molecule has 5 aromatic rings. The normalized spacial score (nSPS) is 14.1. The lowest BCUT2D eigenvalue weighted by atomic mass is 9.86. The minimum absolute atomic E-state index is 0.0461. The van der Waals surface area contributed by atoms with E-state index in [9.17, 15) is 71.9 Å². The first-order chi connectivity index (χ1) is 63.9. The van der Waals surface area contributed by atoms with Crippen LogP contribution in [0.25, 0.3) is 21.5 Å². The van der Waals surface area contributed by atoms with Gasteiger partial charge in [-0.15, -0.1) is 5.06 Å². The molecule has 0 unspecified atom stereocenters. The number of likely N-dealkylation sites (N-methyl/N-ethyl adjacent to an activating group) is 2. The number of carbonyl (C=O) groups is 15. The number of carbonyl (C=O) groups excluding carboxylic acids is 15. The second-order valence-corrected chi connectivity index (χ2v) is 33.5. The van der Waals surface area contributed by atoms with Crippen LogP contribution in [0, 0.1) is 0 Å². The molecule has 132 heavy (non-hydrogen) atoms. The summed E-state index contributed by atoms with van der Waals surface area (Å²) in [6.45, 7) is 11.9. The smallest absolute Gasteiger partial charge is 0.333 e. The molecule has 0 aromatic heterocycles. The molecule has 11 amide bonds. The van der Waals surface area contributed by atoms with E-state index in [0.29, 0.717) is 296 Å². The predicted octanol–water partition coefficient (Wildman–Crippen LogP) is 9.52. The maximum absolute atomic E-state index is 13.7. The van der Waals surface area contributed by atoms with Crippen molar-refractivity contribution in [3.8, 4) is 11.5 Å². The highest BCUT2D eigenvalue weighted by Crippen LogP contribution is 2.41. The van der Waals surface area contributed by atoms with Gasteiger partial charge in [0.25, 0.3) is 59.1 Å². The average Bonchev–Trinajstić information content (AvgIpc) is 0.857. The van der Waals surface area contributed by atoms with Crippen LogP contribution in [0.4, 0.5) is 0 Å². The maximum atomic E-state index is 13.7. The van der Waals surface area contributed by atoms with Crippen molar-refractivity contribution in [1.82, 2.24) is 45.1 Å². The van der Waals surface area contributed by atoms with Crippen LogP contribution in [0.15, 0.2) is 79.0 Å². The van der Waals surface area contributed by atoms with Gasteiger partial charge in [-0.3, -0.25) is 86.7 Å². The predicted molar refractivity (Wildman–Crippen MR) is 484 cm³/mol. The molecule has 0 saturated carbocycles. The van der Waals surface area contributed by atoms with E-state index in [2.05, 4.69) is 17.2 Å². The zero-order valence-corrected chi connectivity index (χ0v) is 76.7. The fraction of sp³-hybridized carbons (Fsp3) is 0.557. The quantitative estimate of drug-likeness (QED) is 0.0270. The molecule has 5 aliphatic heterocycles. The summed E-state index contributed by atoms with van der Waals surface area (Å²) in [6.07, 6.45) is 10.9. The van der Waals surface area contributed by atoms with Gasteiger partial charge in [0.05, 0.1) is 118 Å². The Morgan fingerprint density at radius 3 is 1.05 bits per heavy atom. The number of amides is 11. The second kappa shape index (κ2) is 54.2. The molecule has 0 radical (unpaired) electrons. The Kier molecular flexibility index (Phi) is 42.4. The van der Waals surface area contributed by atoms with Gasteiger partial charge in [0.1, 0.15) is 28.8 Å². The maximum Gasteiger partial charge on any atom is 0.333 e. The number of ether oxygens (including phenoxy) is 10. The Morgan fingerprint density at radius 2 is 0.659 bits per heavy atom. The van der Waals surface area contributed by atoms with Crippen molar-refractivity contribution in [3.05, 3.63) is 129 Å². The van der Waals surface area contributed by atoms with Crippen molar-refractivity contribution in [1.29, 1.82) is 0 Å². The molecule has 0 spiro atoms. The summed E-state index contributed by atoms with van der Waals surface area (Å²) in [5, 5.41) is 8.08. The van der Waals surface area contributed by atoms with Gasteiger partial charge in [-0.2, -0.15) is 0 Å². The van der Waals surface area contributed by atoms with E-state index in [1.54, 1.807) is 66.7 Å². The minimum atomic E-state index is -0.531. The minimum Gasteiger partial charge on any atom is -0.493 e. The van der Waals surface area contributed by atoms with E-state index in [1.165, 1.54) is 19.6 Å². The van der Waals surface area contributed by atoms with E-state index in [1.807, 2.05) is 38.0 Å². The molecule has 0 atom stereocenters. The topological polar surface area (TPSA) is 404 Å². The Balaban J connectivity index is 0.497. The summed E-state index contributed by atoms with van der Waals surface area (Å²) in [5.74, 6) is -4.06. The SMILES string of the molecule is C=C1CCC(=O)N1OC(=O)CCCCCNC(=O)c1cc(OCCCCC(=O)CCOCCOCCOCCOCCCC(=O)CCCCCN2C(=O)c3ccc4c5c(ccc(c35)C2=O)C(=O)N(CCN(C)C)C4=O)cc(OCCCCC(=O)CCOCCOCCOCCOCCNC(=O)CCCCCN2C(=O)c3ccc4c5c(ccc(c35)C2=O)C(=O)N(CCN(C)C)C4=O)c1. The molecule has 35 nitrogen and oxygen atoms in total. The summed E-state index contributed by atoms with van der Waals surface area (Å²) in [7, 11) is 7.40. The third kappa shape index (κ3) is 30.5. The van der Waals surface area contributed by atoms with E-state index in [-0.39, 0.29) is 153 Å². The zero-order valence-electron chi connectivity index (χ0n) is 76.7. The molecular weight excluding hydrogens is 1710 g/mol. The molecule has 1 saturated heterocycles.